The van der Waals surface area contributed by atoms with Crippen LogP contribution in [0, 0.1) is 11.8 Å². The van der Waals surface area contributed by atoms with E-state index < -0.39 is 0 Å². The van der Waals surface area contributed by atoms with Crippen molar-refractivity contribution in [1.82, 2.24) is 10.6 Å². The van der Waals surface area contributed by atoms with E-state index in [4.69, 9.17) is 0 Å². The second-order valence-corrected chi connectivity index (χ2v) is 3.86. The van der Waals surface area contributed by atoms with Crippen LogP contribution < -0.4 is 10.6 Å². The van der Waals surface area contributed by atoms with Gasteiger partial charge in [-0.15, -0.1) is 0 Å². The standard InChI is InChI=1S/C9H18N2/c1-2-8(6-10-4-1)9-3-5-11-7-9/h8-11H,1-7H2. The summed E-state index contributed by atoms with van der Waals surface area (Å²) in [5, 5.41) is 6.93. The fourth-order valence-electron chi connectivity index (χ4n) is 2.36. The Morgan fingerprint density at radius 3 is 2.18 bits per heavy atom. The molecule has 0 aromatic rings. The molecule has 2 N–H and O–H groups in total. The van der Waals surface area contributed by atoms with E-state index in [2.05, 4.69) is 10.6 Å². The molecule has 0 amide bonds. The number of nitrogens with one attached hydrogen (secondary N) is 2. The average Bonchev–Trinajstić information content (AvgIpc) is 2.58. The number of piperidine rings is 1. The lowest BCUT2D eigenvalue weighted by Crippen LogP contribution is -2.34. The Morgan fingerprint density at radius 1 is 0.818 bits per heavy atom. The van der Waals surface area contributed by atoms with Gasteiger partial charge in [0.05, 0.1) is 0 Å². The largest absolute Gasteiger partial charge is 0.316 e. The van der Waals surface area contributed by atoms with Gasteiger partial charge in [-0.1, -0.05) is 0 Å². The SMILES string of the molecule is C1CNCC(C2CCNC2)C1. The highest BCUT2D eigenvalue weighted by Crippen LogP contribution is 2.24. The smallest absolute Gasteiger partial charge is 0.00169 e. The van der Waals surface area contributed by atoms with Crippen molar-refractivity contribution in [1.29, 1.82) is 0 Å². The van der Waals surface area contributed by atoms with E-state index in [-0.39, 0.29) is 0 Å². The van der Waals surface area contributed by atoms with Gasteiger partial charge in [0.15, 0.2) is 0 Å². The van der Waals surface area contributed by atoms with Crippen LogP contribution in [0.3, 0.4) is 0 Å². The molecular formula is C9H18N2. The summed E-state index contributed by atoms with van der Waals surface area (Å²) in [6, 6.07) is 0. The molecule has 0 saturated carbocycles. The van der Waals surface area contributed by atoms with Crippen LogP contribution in [0.15, 0.2) is 0 Å². The van der Waals surface area contributed by atoms with Gasteiger partial charge in [0, 0.05) is 0 Å². The van der Waals surface area contributed by atoms with Gasteiger partial charge in [-0.3, -0.25) is 0 Å². The summed E-state index contributed by atoms with van der Waals surface area (Å²) >= 11 is 0. The van der Waals surface area contributed by atoms with E-state index in [1.807, 2.05) is 0 Å². The van der Waals surface area contributed by atoms with E-state index in [1.165, 1.54) is 45.4 Å². The van der Waals surface area contributed by atoms with Crippen molar-refractivity contribution in [2.45, 2.75) is 19.3 Å². The summed E-state index contributed by atoms with van der Waals surface area (Å²) in [5.74, 6) is 1.95. The predicted octanol–water partition coefficient (Wildman–Crippen LogP) is 0.595. The molecule has 2 saturated heterocycles. The van der Waals surface area contributed by atoms with Gasteiger partial charge in [0.1, 0.15) is 0 Å². The van der Waals surface area contributed by atoms with Crippen LogP contribution >= 0.6 is 0 Å². The molecule has 2 aliphatic rings. The van der Waals surface area contributed by atoms with E-state index in [1.54, 1.807) is 0 Å². The Bertz CT molecular complexity index is 113. The molecule has 2 unspecified atom stereocenters. The minimum Gasteiger partial charge on any atom is -0.316 e. The van der Waals surface area contributed by atoms with Crippen molar-refractivity contribution in [2.24, 2.45) is 11.8 Å². The van der Waals surface area contributed by atoms with Gasteiger partial charge in [0.25, 0.3) is 0 Å². The molecule has 2 aliphatic heterocycles. The van der Waals surface area contributed by atoms with E-state index in [0.29, 0.717) is 0 Å². The van der Waals surface area contributed by atoms with Gasteiger partial charge >= 0.3 is 0 Å². The number of rotatable bonds is 1. The lowest BCUT2D eigenvalue weighted by atomic mass is 9.86. The molecule has 2 atom stereocenters. The third-order valence-corrected chi connectivity index (χ3v) is 3.10. The topological polar surface area (TPSA) is 24.1 Å². The Morgan fingerprint density at radius 2 is 1.55 bits per heavy atom. The molecule has 2 rings (SSSR count). The van der Waals surface area contributed by atoms with Crippen LogP contribution in [0.2, 0.25) is 0 Å². The second kappa shape index (κ2) is 3.55. The first-order chi connectivity index (χ1) is 5.47. The first-order valence-corrected chi connectivity index (χ1v) is 4.88. The molecule has 11 heavy (non-hydrogen) atoms. The zero-order valence-electron chi connectivity index (χ0n) is 7.10. The monoisotopic (exact) mass is 154 g/mol. The molecule has 0 spiro atoms. The van der Waals surface area contributed by atoms with Gasteiger partial charge < -0.3 is 10.6 Å². The number of hydrogen-bond acceptors (Lipinski definition) is 2. The normalized spacial score (nSPS) is 39.3. The summed E-state index contributed by atoms with van der Waals surface area (Å²) in [6.07, 6.45) is 4.26. The van der Waals surface area contributed by atoms with E-state index >= 15 is 0 Å². The van der Waals surface area contributed by atoms with Crippen LogP contribution in [-0.2, 0) is 0 Å². The molecule has 2 heterocycles. The maximum absolute atomic E-state index is 3.48. The third kappa shape index (κ3) is 1.74. The molecule has 2 fully saturated rings. The fraction of sp³-hybridized carbons (Fsp3) is 1.00. The first kappa shape index (κ1) is 7.56. The van der Waals surface area contributed by atoms with Crippen LogP contribution in [-0.4, -0.2) is 26.2 Å². The fourth-order valence-corrected chi connectivity index (χ4v) is 2.36. The van der Waals surface area contributed by atoms with Crippen LogP contribution in [0.5, 0.6) is 0 Å². The van der Waals surface area contributed by atoms with Crippen LogP contribution in [0.25, 0.3) is 0 Å². The zero-order valence-corrected chi connectivity index (χ0v) is 7.10. The molecule has 0 aromatic heterocycles. The lowest BCUT2D eigenvalue weighted by molar-refractivity contribution is 0.280. The highest BCUT2D eigenvalue weighted by atomic mass is 14.9. The summed E-state index contributed by atoms with van der Waals surface area (Å²) in [4.78, 5) is 0. The maximum Gasteiger partial charge on any atom is -0.00169 e. The molecule has 64 valence electrons. The summed E-state index contributed by atoms with van der Waals surface area (Å²) in [6.45, 7) is 5.04. The molecule has 0 aliphatic carbocycles. The van der Waals surface area contributed by atoms with Crippen molar-refractivity contribution in [3.05, 3.63) is 0 Å². The molecule has 0 aromatic carbocycles. The average molecular weight is 154 g/mol. The lowest BCUT2D eigenvalue weighted by Gasteiger charge is -2.27. The van der Waals surface area contributed by atoms with E-state index in [9.17, 15) is 0 Å². The quantitative estimate of drug-likeness (QED) is 0.578. The van der Waals surface area contributed by atoms with Crippen molar-refractivity contribution < 1.29 is 0 Å². The summed E-state index contributed by atoms with van der Waals surface area (Å²) in [5.41, 5.74) is 0. The summed E-state index contributed by atoms with van der Waals surface area (Å²) in [7, 11) is 0. The Labute approximate surface area is 68.7 Å². The molecule has 2 nitrogen and oxygen atoms in total. The Balaban J connectivity index is 1.82. The predicted molar refractivity (Wildman–Crippen MR) is 46.6 cm³/mol. The third-order valence-electron chi connectivity index (χ3n) is 3.10. The minimum absolute atomic E-state index is 0.971. The Kier molecular flexibility index (Phi) is 2.44. The number of hydrogen-bond donors (Lipinski definition) is 2. The molecule has 2 heteroatoms. The van der Waals surface area contributed by atoms with Crippen molar-refractivity contribution in [2.75, 3.05) is 26.2 Å². The highest BCUT2D eigenvalue weighted by Gasteiger charge is 2.25. The van der Waals surface area contributed by atoms with Crippen molar-refractivity contribution in [3.63, 3.8) is 0 Å². The minimum atomic E-state index is 0.971. The van der Waals surface area contributed by atoms with Gasteiger partial charge in [0.2, 0.25) is 0 Å². The maximum atomic E-state index is 3.48. The van der Waals surface area contributed by atoms with Crippen LogP contribution in [0.4, 0.5) is 0 Å². The zero-order chi connectivity index (χ0) is 7.52. The van der Waals surface area contributed by atoms with Crippen LogP contribution in [0.1, 0.15) is 19.3 Å². The highest BCUT2D eigenvalue weighted by molar-refractivity contribution is 4.81. The Hall–Kier alpha value is -0.0800. The van der Waals surface area contributed by atoms with E-state index in [0.717, 1.165) is 11.8 Å². The van der Waals surface area contributed by atoms with Gasteiger partial charge in [-0.25, -0.2) is 0 Å². The van der Waals surface area contributed by atoms with Gasteiger partial charge in [-0.2, -0.15) is 0 Å². The second-order valence-electron chi connectivity index (χ2n) is 3.86. The first-order valence-electron chi connectivity index (χ1n) is 4.88. The van der Waals surface area contributed by atoms with Gasteiger partial charge in [-0.05, 0) is 57.3 Å². The molecule has 0 radical (unpaired) electrons. The molecule has 0 bridgehead atoms. The van der Waals surface area contributed by atoms with Crippen molar-refractivity contribution >= 4 is 0 Å². The molecular weight excluding hydrogens is 136 g/mol. The van der Waals surface area contributed by atoms with Crippen molar-refractivity contribution in [3.8, 4) is 0 Å². The summed E-state index contributed by atoms with van der Waals surface area (Å²) < 4.78 is 0.